The number of piperazine rings is 1. The Labute approximate surface area is 104 Å². The molecule has 0 spiro atoms. The van der Waals surface area contributed by atoms with E-state index in [4.69, 9.17) is 0 Å². The Balaban J connectivity index is 2.01. The highest BCUT2D eigenvalue weighted by atomic mass is 79.9. The molecule has 0 aromatic heterocycles. The van der Waals surface area contributed by atoms with Gasteiger partial charge in [-0.05, 0) is 17.2 Å². The van der Waals surface area contributed by atoms with Crippen molar-refractivity contribution >= 4 is 15.9 Å². The number of hydrogen-bond acceptors (Lipinski definition) is 2. The first-order chi connectivity index (χ1) is 7.79. The number of rotatable bonds is 3. The van der Waals surface area contributed by atoms with Gasteiger partial charge in [-0.3, -0.25) is 4.90 Å². The Morgan fingerprint density at radius 2 is 2.06 bits per heavy atom. The molecule has 0 unspecified atom stereocenters. The molecule has 0 amide bonds. The van der Waals surface area contributed by atoms with Gasteiger partial charge in [0.15, 0.2) is 0 Å². The Kier molecular flexibility index (Phi) is 4.32. The number of nitrogens with zero attached hydrogens (tertiary/aromatic N) is 1. The van der Waals surface area contributed by atoms with Crippen LogP contribution in [0.25, 0.3) is 0 Å². The van der Waals surface area contributed by atoms with Crippen molar-refractivity contribution in [3.63, 3.8) is 0 Å². The molecule has 4 heteroatoms. The van der Waals surface area contributed by atoms with Crippen molar-refractivity contribution in [2.75, 3.05) is 26.2 Å². The number of nitrogens with one attached hydrogen (secondary N) is 1. The zero-order valence-electron chi connectivity index (χ0n) is 9.18. The summed E-state index contributed by atoms with van der Waals surface area (Å²) in [7, 11) is 0. The summed E-state index contributed by atoms with van der Waals surface area (Å²) in [5, 5.41) is 3.33. The van der Waals surface area contributed by atoms with E-state index in [-0.39, 0.29) is 0 Å². The zero-order chi connectivity index (χ0) is 11.4. The highest BCUT2D eigenvalue weighted by molar-refractivity contribution is 9.10. The highest BCUT2D eigenvalue weighted by Crippen LogP contribution is 2.20. The Bertz CT molecular complexity index is 351. The summed E-state index contributed by atoms with van der Waals surface area (Å²) in [6.45, 7) is 4.83. The Morgan fingerprint density at radius 3 is 2.69 bits per heavy atom. The summed E-state index contributed by atoms with van der Waals surface area (Å²) in [5.74, 6) is 0. The molecular formula is C12H16BrFN2. The summed E-state index contributed by atoms with van der Waals surface area (Å²) in [6, 6.07) is 5.90. The van der Waals surface area contributed by atoms with Crippen LogP contribution < -0.4 is 5.32 Å². The normalized spacial score (nSPS) is 17.6. The third-order valence-corrected chi connectivity index (χ3v) is 3.62. The number of alkyl halides is 1. The molecule has 0 radical (unpaired) electrons. The summed E-state index contributed by atoms with van der Waals surface area (Å²) in [6.07, 6.45) is 0. The van der Waals surface area contributed by atoms with Crippen molar-refractivity contribution in [1.29, 1.82) is 0 Å². The maximum absolute atomic E-state index is 12.5. The number of hydrogen-bond donors (Lipinski definition) is 1. The van der Waals surface area contributed by atoms with E-state index in [0.29, 0.717) is 0 Å². The summed E-state index contributed by atoms with van der Waals surface area (Å²) in [5.41, 5.74) is 1.97. The molecule has 1 fully saturated rings. The first-order valence-electron chi connectivity index (χ1n) is 5.56. The van der Waals surface area contributed by atoms with Gasteiger partial charge < -0.3 is 5.32 Å². The Morgan fingerprint density at radius 1 is 1.31 bits per heavy atom. The third-order valence-electron chi connectivity index (χ3n) is 2.88. The van der Waals surface area contributed by atoms with Crippen molar-refractivity contribution in [2.45, 2.75) is 13.2 Å². The molecule has 1 aromatic rings. The van der Waals surface area contributed by atoms with E-state index in [1.807, 2.05) is 18.2 Å². The van der Waals surface area contributed by atoms with E-state index in [9.17, 15) is 4.39 Å². The molecule has 1 N–H and O–H groups in total. The predicted octanol–water partition coefficient (Wildman–Crippen LogP) is 2.32. The second-order valence-corrected chi connectivity index (χ2v) is 4.94. The predicted molar refractivity (Wildman–Crippen MR) is 67.1 cm³/mol. The lowest BCUT2D eigenvalue weighted by Crippen LogP contribution is -2.42. The second-order valence-electron chi connectivity index (χ2n) is 4.09. The lowest BCUT2D eigenvalue weighted by atomic mass is 10.1. The van der Waals surface area contributed by atoms with Crippen LogP contribution in [0.1, 0.15) is 11.1 Å². The van der Waals surface area contributed by atoms with Gasteiger partial charge in [0.05, 0.1) is 0 Å². The molecule has 2 nitrogen and oxygen atoms in total. The molecule has 0 atom stereocenters. The van der Waals surface area contributed by atoms with Crippen LogP contribution in [0, 0.1) is 0 Å². The van der Waals surface area contributed by atoms with E-state index in [1.54, 1.807) is 0 Å². The van der Waals surface area contributed by atoms with E-state index in [0.717, 1.165) is 42.8 Å². The largest absolute Gasteiger partial charge is 0.314 e. The van der Waals surface area contributed by atoms with Gasteiger partial charge in [-0.25, -0.2) is 4.39 Å². The average Bonchev–Trinajstić information content (AvgIpc) is 2.31. The molecular weight excluding hydrogens is 271 g/mol. The lowest BCUT2D eigenvalue weighted by Gasteiger charge is -2.27. The van der Waals surface area contributed by atoms with Gasteiger partial charge in [-0.1, -0.05) is 28.1 Å². The van der Waals surface area contributed by atoms with Crippen LogP contribution >= 0.6 is 15.9 Å². The summed E-state index contributed by atoms with van der Waals surface area (Å²) in [4.78, 5) is 2.41. The maximum Gasteiger partial charge on any atom is 0.116 e. The molecule has 1 heterocycles. The average molecular weight is 287 g/mol. The fourth-order valence-electron chi connectivity index (χ4n) is 1.92. The maximum atomic E-state index is 12.5. The SMILES string of the molecule is FCc1ccc(CN2CCNCC2)cc1Br. The van der Waals surface area contributed by atoms with Crippen molar-refractivity contribution < 1.29 is 4.39 Å². The molecule has 0 bridgehead atoms. The van der Waals surface area contributed by atoms with Crippen LogP contribution in [-0.4, -0.2) is 31.1 Å². The molecule has 1 aliphatic rings. The molecule has 0 aliphatic carbocycles. The number of halogens is 2. The minimum absolute atomic E-state index is 0.408. The van der Waals surface area contributed by atoms with Crippen LogP contribution in [0.3, 0.4) is 0 Å². The molecule has 2 rings (SSSR count). The van der Waals surface area contributed by atoms with Crippen molar-refractivity contribution in [3.05, 3.63) is 33.8 Å². The zero-order valence-corrected chi connectivity index (χ0v) is 10.8. The van der Waals surface area contributed by atoms with Gasteiger partial charge in [0.1, 0.15) is 6.67 Å². The van der Waals surface area contributed by atoms with E-state index < -0.39 is 6.67 Å². The first-order valence-corrected chi connectivity index (χ1v) is 6.35. The van der Waals surface area contributed by atoms with E-state index in [1.165, 1.54) is 5.56 Å². The lowest BCUT2D eigenvalue weighted by molar-refractivity contribution is 0.233. The molecule has 1 saturated heterocycles. The van der Waals surface area contributed by atoms with Gasteiger partial charge >= 0.3 is 0 Å². The molecule has 88 valence electrons. The van der Waals surface area contributed by atoms with Crippen LogP contribution in [0.4, 0.5) is 4.39 Å². The minimum atomic E-state index is -0.408. The quantitative estimate of drug-likeness (QED) is 0.918. The molecule has 1 aromatic carbocycles. The second kappa shape index (κ2) is 5.75. The third kappa shape index (κ3) is 3.03. The smallest absolute Gasteiger partial charge is 0.116 e. The Hall–Kier alpha value is -0.450. The standard InChI is InChI=1S/C12H16BrFN2/c13-12-7-10(1-2-11(12)8-14)9-16-5-3-15-4-6-16/h1-2,7,15H,3-6,8-9H2. The molecule has 16 heavy (non-hydrogen) atoms. The van der Waals surface area contributed by atoms with Gasteiger partial charge in [-0.15, -0.1) is 0 Å². The van der Waals surface area contributed by atoms with Crippen LogP contribution in [0.5, 0.6) is 0 Å². The van der Waals surface area contributed by atoms with Gasteiger partial charge in [-0.2, -0.15) is 0 Å². The van der Waals surface area contributed by atoms with Gasteiger partial charge in [0, 0.05) is 37.2 Å². The summed E-state index contributed by atoms with van der Waals surface area (Å²) < 4.78 is 13.4. The van der Waals surface area contributed by atoms with E-state index in [2.05, 4.69) is 26.1 Å². The van der Waals surface area contributed by atoms with Crippen LogP contribution in [0.15, 0.2) is 22.7 Å². The molecule has 1 aliphatic heterocycles. The van der Waals surface area contributed by atoms with Gasteiger partial charge in [0.25, 0.3) is 0 Å². The fourth-order valence-corrected chi connectivity index (χ4v) is 2.46. The molecule has 0 saturated carbocycles. The van der Waals surface area contributed by atoms with Crippen molar-refractivity contribution in [1.82, 2.24) is 10.2 Å². The topological polar surface area (TPSA) is 15.3 Å². The van der Waals surface area contributed by atoms with Gasteiger partial charge in [0.2, 0.25) is 0 Å². The fraction of sp³-hybridized carbons (Fsp3) is 0.500. The first kappa shape index (κ1) is 12.0. The van der Waals surface area contributed by atoms with Crippen molar-refractivity contribution in [2.24, 2.45) is 0 Å². The highest BCUT2D eigenvalue weighted by Gasteiger charge is 2.10. The van der Waals surface area contributed by atoms with Crippen LogP contribution in [0.2, 0.25) is 0 Å². The minimum Gasteiger partial charge on any atom is -0.314 e. The van der Waals surface area contributed by atoms with Crippen LogP contribution in [-0.2, 0) is 13.2 Å². The van der Waals surface area contributed by atoms with E-state index >= 15 is 0 Å². The van der Waals surface area contributed by atoms with Crippen molar-refractivity contribution in [3.8, 4) is 0 Å². The monoisotopic (exact) mass is 286 g/mol. The summed E-state index contributed by atoms with van der Waals surface area (Å²) >= 11 is 3.40. The number of benzene rings is 1.